The molecule has 3 rings (SSSR count). The molecule has 1 N–H and O–H groups in total. The number of hydrogen-bond donors (Lipinski definition) is 1. The van der Waals surface area contributed by atoms with Gasteiger partial charge in [-0.1, -0.05) is 42.5 Å². The highest BCUT2D eigenvalue weighted by Gasteiger charge is 2.28. The van der Waals surface area contributed by atoms with Crippen LogP contribution in [0.2, 0.25) is 0 Å². The number of hydrogen-bond acceptors (Lipinski definition) is 3. The summed E-state index contributed by atoms with van der Waals surface area (Å²) in [4.78, 5) is 0. The minimum absolute atomic E-state index is 0.0251. The van der Waals surface area contributed by atoms with Gasteiger partial charge in [0.05, 0.1) is 10.2 Å². The van der Waals surface area contributed by atoms with Crippen molar-refractivity contribution in [1.82, 2.24) is 5.32 Å². The Morgan fingerprint density at radius 3 is 2.57 bits per heavy atom. The molecule has 0 saturated carbocycles. The summed E-state index contributed by atoms with van der Waals surface area (Å²) in [5, 5.41) is 3.38. The summed E-state index contributed by atoms with van der Waals surface area (Å²) in [5.41, 5.74) is 1.14. The first-order chi connectivity index (χ1) is 10.3. The van der Waals surface area contributed by atoms with Crippen molar-refractivity contribution in [2.75, 3.05) is 19.7 Å². The molecule has 1 heterocycles. The van der Waals surface area contributed by atoms with Crippen LogP contribution in [0.25, 0.3) is 0 Å². The van der Waals surface area contributed by atoms with E-state index in [1.54, 1.807) is 0 Å². The van der Waals surface area contributed by atoms with Crippen molar-refractivity contribution in [2.24, 2.45) is 0 Å². The van der Waals surface area contributed by atoms with Gasteiger partial charge in [-0.05, 0) is 40.3 Å². The van der Waals surface area contributed by atoms with Crippen molar-refractivity contribution in [2.45, 2.75) is 12.2 Å². The molecule has 0 amide bonds. The van der Waals surface area contributed by atoms with E-state index in [0.29, 0.717) is 0 Å². The Kier molecular flexibility index (Phi) is 5.11. The summed E-state index contributed by atoms with van der Waals surface area (Å²) in [7, 11) is 0. The third-order valence-electron chi connectivity index (χ3n) is 3.51. The number of morpholine rings is 1. The molecule has 0 aromatic heterocycles. The van der Waals surface area contributed by atoms with E-state index in [1.807, 2.05) is 36.4 Å². The van der Waals surface area contributed by atoms with Crippen LogP contribution in [-0.2, 0) is 4.74 Å². The van der Waals surface area contributed by atoms with Crippen molar-refractivity contribution in [3.05, 3.63) is 63.7 Å². The van der Waals surface area contributed by atoms with Crippen molar-refractivity contribution in [3.8, 4) is 5.75 Å². The summed E-state index contributed by atoms with van der Waals surface area (Å²) in [6, 6.07) is 18.4. The highest BCUT2D eigenvalue weighted by atomic mass is 127. The average molecular weight is 395 g/mol. The lowest BCUT2D eigenvalue weighted by atomic mass is 10.0. The number of para-hydroxylation sites is 1. The summed E-state index contributed by atoms with van der Waals surface area (Å²) in [5.74, 6) is 0.904. The SMILES string of the molecule is Ic1ccccc1OC(c1ccccc1)[C@H]1CNCCO1. The molecular weight excluding hydrogens is 377 g/mol. The summed E-state index contributed by atoms with van der Waals surface area (Å²) in [6.07, 6.45) is -0.0768. The van der Waals surface area contributed by atoms with Crippen LogP contribution in [0, 0.1) is 3.57 Å². The second kappa shape index (κ2) is 7.24. The third kappa shape index (κ3) is 3.75. The second-order valence-electron chi connectivity index (χ2n) is 4.99. The van der Waals surface area contributed by atoms with Crippen LogP contribution in [0.15, 0.2) is 54.6 Å². The van der Waals surface area contributed by atoms with Crippen LogP contribution in [0.3, 0.4) is 0 Å². The second-order valence-corrected chi connectivity index (χ2v) is 6.16. The van der Waals surface area contributed by atoms with Crippen LogP contribution in [0.5, 0.6) is 5.75 Å². The standard InChI is InChI=1S/C17H18INO2/c18-14-8-4-5-9-15(14)21-17(13-6-2-1-3-7-13)16-12-19-10-11-20-16/h1-9,16-17,19H,10-12H2/t16-,17?/m1/s1. The largest absolute Gasteiger partial charge is 0.482 e. The van der Waals surface area contributed by atoms with E-state index in [-0.39, 0.29) is 12.2 Å². The molecule has 2 aromatic rings. The maximum atomic E-state index is 6.30. The predicted molar refractivity (Wildman–Crippen MR) is 91.6 cm³/mol. The Morgan fingerprint density at radius 2 is 1.86 bits per heavy atom. The molecule has 0 spiro atoms. The summed E-state index contributed by atoms with van der Waals surface area (Å²) < 4.78 is 13.3. The van der Waals surface area contributed by atoms with E-state index in [9.17, 15) is 0 Å². The smallest absolute Gasteiger partial charge is 0.151 e. The minimum Gasteiger partial charge on any atom is -0.482 e. The highest BCUT2D eigenvalue weighted by Crippen LogP contribution is 2.30. The Balaban J connectivity index is 1.87. The van der Waals surface area contributed by atoms with Gasteiger partial charge in [0, 0.05) is 13.1 Å². The fraction of sp³-hybridized carbons (Fsp3) is 0.294. The molecule has 0 radical (unpaired) electrons. The Morgan fingerprint density at radius 1 is 1.10 bits per heavy atom. The Hall–Kier alpha value is -1.11. The lowest BCUT2D eigenvalue weighted by Gasteiger charge is -2.31. The highest BCUT2D eigenvalue weighted by molar-refractivity contribution is 14.1. The maximum absolute atomic E-state index is 6.30. The average Bonchev–Trinajstić information content (AvgIpc) is 2.56. The van der Waals surface area contributed by atoms with E-state index in [4.69, 9.17) is 9.47 Å². The van der Waals surface area contributed by atoms with Gasteiger partial charge in [0.25, 0.3) is 0 Å². The molecule has 0 aliphatic carbocycles. The monoisotopic (exact) mass is 395 g/mol. The van der Waals surface area contributed by atoms with Gasteiger partial charge in [-0.3, -0.25) is 0 Å². The molecule has 1 saturated heterocycles. The molecule has 110 valence electrons. The van der Waals surface area contributed by atoms with Gasteiger partial charge in [-0.2, -0.15) is 0 Å². The van der Waals surface area contributed by atoms with Crippen molar-refractivity contribution >= 4 is 22.6 Å². The first kappa shape index (κ1) is 14.8. The maximum Gasteiger partial charge on any atom is 0.151 e. The summed E-state index contributed by atoms with van der Waals surface area (Å²) >= 11 is 2.30. The lowest BCUT2D eigenvalue weighted by molar-refractivity contribution is -0.0435. The zero-order valence-electron chi connectivity index (χ0n) is 11.7. The first-order valence-electron chi connectivity index (χ1n) is 7.13. The Labute approximate surface area is 138 Å². The number of ether oxygens (including phenoxy) is 2. The van der Waals surface area contributed by atoms with E-state index >= 15 is 0 Å². The van der Waals surface area contributed by atoms with Crippen LogP contribution < -0.4 is 10.1 Å². The van der Waals surface area contributed by atoms with Crippen molar-refractivity contribution < 1.29 is 9.47 Å². The zero-order valence-corrected chi connectivity index (χ0v) is 13.8. The molecule has 2 aromatic carbocycles. The molecule has 4 heteroatoms. The van der Waals surface area contributed by atoms with Crippen LogP contribution in [0.1, 0.15) is 11.7 Å². The molecule has 1 fully saturated rings. The number of benzene rings is 2. The van der Waals surface area contributed by atoms with E-state index in [2.05, 4.69) is 46.1 Å². The lowest BCUT2D eigenvalue weighted by Crippen LogP contribution is -2.43. The van der Waals surface area contributed by atoms with Gasteiger partial charge in [0.15, 0.2) is 6.10 Å². The quantitative estimate of drug-likeness (QED) is 0.806. The fourth-order valence-corrected chi connectivity index (χ4v) is 2.97. The van der Waals surface area contributed by atoms with Gasteiger partial charge in [-0.15, -0.1) is 0 Å². The van der Waals surface area contributed by atoms with Gasteiger partial charge in [-0.25, -0.2) is 0 Å². The van der Waals surface area contributed by atoms with Crippen molar-refractivity contribution in [1.29, 1.82) is 0 Å². The number of rotatable bonds is 4. The van der Waals surface area contributed by atoms with E-state index in [1.165, 1.54) is 0 Å². The van der Waals surface area contributed by atoms with Gasteiger partial charge in [0.1, 0.15) is 11.9 Å². The minimum atomic E-state index is -0.102. The van der Waals surface area contributed by atoms with E-state index in [0.717, 1.165) is 34.6 Å². The van der Waals surface area contributed by atoms with Gasteiger partial charge in [0.2, 0.25) is 0 Å². The molecule has 0 bridgehead atoms. The molecular formula is C17H18INO2. The molecule has 1 aliphatic rings. The first-order valence-corrected chi connectivity index (χ1v) is 8.21. The van der Waals surface area contributed by atoms with Gasteiger partial charge < -0.3 is 14.8 Å². The molecule has 1 aliphatic heterocycles. The van der Waals surface area contributed by atoms with Crippen LogP contribution in [-0.4, -0.2) is 25.8 Å². The summed E-state index contributed by atoms with van der Waals surface area (Å²) in [6.45, 7) is 2.44. The van der Waals surface area contributed by atoms with Crippen LogP contribution in [0.4, 0.5) is 0 Å². The molecule has 2 atom stereocenters. The number of halogens is 1. The molecule has 1 unspecified atom stereocenters. The van der Waals surface area contributed by atoms with Crippen LogP contribution >= 0.6 is 22.6 Å². The molecule has 3 nitrogen and oxygen atoms in total. The number of nitrogens with one attached hydrogen (secondary N) is 1. The normalized spacial score (nSPS) is 20.0. The topological polar surface area (TPSA) is 30.5 Å². The third-order valence-corrected chi connectivity index (χ3v) is 4.40. The Bertz CT molecular complexity index is 570. The fourth-order valence-electron chi connectivity index (χ4n) is 2.46. The van der Waals surface area contributed by atoms with Crippen molar-refractivity contribution in [3.63, 3.8) is 0 Å². The van der Waals surface area contributed by atoms with E-state index < -0.39 is 0 Å². The molecule has 21 heavy (non-hydrogen) atoms. The zero-order chi connectivity index (χ0) is 14.5. The predicted octanol–water partition coefficient (Wildman–Crippen LogP) is 3.40. The van der Waals surface area contributed by atoms with Gasteiger partial charge >= 0.3 is 0 Å².